The Kier molecular flexibility index (Phi) is 3.96. The average Bonchev–Trinajstić information content (AvgIpc) is 3.01. The summed E-state index contributed by atoms with van der Waals surface area (Å²) in [7, 11) is 1.73. The van der Waals surface area contributed by atoms with Crippen LogP contribution in [-0.4, -0.2) is 66.8 Å². The van der Waals surface area contributed by atoms with Crippen LogP contribution in [0.15, 0.2) is 6.33 Å². The topological polar surface area (TPSA) is 126 Å². The zero-order valence-electron chi connectivity index (χ0n) is 11.0. The highest BCUT2D eigenvalue weighted by Gasteiger charge is 2.44. The van der Waals surface area contributed by atoms with Crippen molar-refractivity contribution in [3.8, 4) is 0 Å². The molecule has 4 unspecified atom stereocenters. The molecule has 10 heteroatoms. The smallest absolute Gasteiger partial charge is 0.194 e. The third-order valence-corrected chi connectivity index (χ3v) is 3.90. The Hall–Kier alpha value is -1.08. The zero-order valence-corrected chi connectivity index (χ0v) is 13.2. The first kappa shape index (κ1) is 14.8. The van der Waals surface area contributed by atoms with E-state index in [2.05, 4.69) is 20.3 Å². The van der Waals surface area contributed by atoms with E-state index in [1.807, 2.05) is 22.6 Å². The Morgan fingerprint density at radius 3 is 2.76 bits per heavy atom. The molecule has 0 aromatic carbocycles. The Bertz CT molecular complexity index is 665. The molecule has 114 valence electrons. The number of anilines is 1. The number of halogens is 1. The first-order valence-corrected chi connectivity index (χ1v) is 7.35. The van der Waals surface area contributed by atoms with Crippen LogP contribution in [0.4, 0.5) is 5.82 Å². The second-order valence-corrected chi connectivity index (χ2v) is 5.61. The lowest BCUT2D eigenvalue weighted by Crippen LogP contribution is -2.33. The van der Waals surface area contributed by atoms with Crippen LogP contribution in [-0.2, 0) is 4.74 Å². The predicted octanol–water partition coefficient (Wildman–Crippen LogP) is -0.916. The van der Waals surface area contributed by atoms with Gasteiger partial charge in [0.1, 0.15) is 18.3 Å². The largest absolute Gasteiger partial charge is 0.394 e. The van der Waals surface area contributed by atoms with E-state index in [-0.39, 0.29) is 6.61 Å². The molecule has 0 saturated carbocycles. The van der Waals surface area contributed by atoms with Gasteiger partial charge in [-0.15, -0.1) is 0 Å². The van der Waals surface area contributed by atoms with Crippen LogP contribution in [0.2, 0.25) is 0 Å². The molecule has 0 spiro atoms. The van der Waals surface area contributed by atoms with E-state index in [4.69, 9.17) is 9.84 Å². The van der Waals surface area contributed by atoms with Crippen LogP contribution in [0.5, 0.6) is 0 Å². The number of ether oxygens (including phenoxy) is 1. The van der Waals surface area contributed by atoms with Crippen molar-refractivity contribution in [3.63, 3.8) is 0 Å². The molecule has 1 fully saturated rings. The van der Waals surface area contributed by atoms with Crippen molar-refractivity contribution in [1.82, 2.24) is 19.5 Å². The van der Waals surface area contributed by atoms with Gasteiger partial charge in [-0.05, 0) is 0 Å². The van der Waals surface area contributed by atoms with Gasteiger partial charge in [-0.3, -0.25) is 4.57 Å². The minimum absolute atomic E-state index is 0.379. The first-order valence-electron chi connectivity index (χ1n) is 6.27. The lowest BCUT2D eigenvalue weighted by molar-refractivity contribution is -0.0511. The number of rotatable bonds is 3. The van der Waals surface area contributed by atoms with Crippen LogP contribution in [0.25, 0.3) is 11.2 Å². The van der Waals surface area contributed by atoms with E-state index in [0.717, 1.165) is 0 Å². The summed E-state index contributed by atoms with van der Waals surface area (Å²) in [6, 6.07) is 0. The quantitative estimate of drug-likeness (QED) is 0.381. The van der Waals surface area contributed by atoms with Crippen molar-refractivity contribution in [2.75, 3.05) is 19.0 Å². The Morgan fingerprint density at radius 1 is 1.38 bits per heavy atom. The van der Waals surface area contributed by atoms with Gasteiger partial charge in [0, 0.05) is 29.6 Å². The van der Waals surface area contributed by atoms with E-state index in [0.29, 0.717) is 20.8 Å². The van der Waals surface area contributed by atoms with Gasteiger partial charge in [-0.2, -0.15) is 0 Å². The highest BCUT2D eigenvalue weighted by Crippen LogP contribution is 2.32. The number of aromatic nitrogens is 4. The highest BCUT2D eigenvalue weighted by molar-refractivity contribution is 14.1. The molecule has 21 heavy (non-hydrogen) atoms. The number of nitrogens with zero attached hydrogens (tertiary/aromatic N) is 4. The number of nitrogens with one attached hydrogen (secondary N) is 1. The fraction of sp³-hybridized carbons (Fsp3) is 0.545. The molecule has 0 aliphatic carbocycles. The number of aliphatic hydroxyl groups is 3. The van der Waals surface area contributed by atoms with Gasteiger partial charge in [0.05, 0.1) is 12.9 Å². The standard InChI is InChI=1S/C11H14IN5O4/c1-13-8-5-9(16-11(12)15-8)17(3-14-5)10-7(20)6(19)4(2-18)21-10/h3-4,6-7,10,18-20H,2H2,1H3,(H,13,15,16). The van der Waals surface area contributed by atoms with Crippen LogP contribution >= 0.6 is 22.6 Å². The number of imidazole rings is 1. The molecular weight excluding hydrogens is 393 g/mol. The van der Waals surface area contributed by atoms with Crippen LogP contribution < -0.4 is 5.32 Å². The van der Waals surface area contributed by atoms with Gasteiger partial charge in [0.2, 0.25) is 0 Å². The van der Waals surface area contributed by atoms with Crippen LogP contribution in [0, 0.1) is 3.83 Å². The molecule has 4 N–H and O–H groups in total. The highest BCUT2D eigenvalue weighted by atomic mass is 127. The summed E-state index contributed by atoms with van der Waals surface area (Å²) in [4.78, 5) is 12.7. The summed E-state index contributed by atoms with van der Waals surface area (Å²) >= 11 is 1.98. The number of hydrogen-bond acceptors (Lipinski definition) is 8. The number of fused-ring (bicyclic) bond motifs is 1. The molecule has 3 heterocycles. The Labute approximate surface area is 133 Å². The van der Waals surface area contributed by atoms with Crippen molar-refractivity contribution < 1.29 is 20.1 Å². The summed E-state index contributed by atoms with van der Waals surface area (Å²) in [5, 5.41) is 32.0. The summed E-state index contributed by atoms with van der Waals surface area (Å²) in [6.07, 6.45) is -2.58. The minimum atomic E-state index is -1.18. The Morgan fingerprint density at radius 2 is 2.14 bits per heavy atom. The molecule has 2 aromatic heterocycles. The van der Waals surface area contributed by atoms with Crippen molar-refractivity contribution in [3.05, 3.63) is 10.2 Å². The van der Waals surface area contributed by atoms with Gasteiger partial charge >= 0.3 is 0 Å². The maximum atomic E-state index is 10.1. The molecule has 4 atom stereocenters. The van der Waals surface area contributed by atoms with Crippen LogP contribution in [0.1, 0.15) is 6.23 Å². The molecule has 0 amide bonds. The lowest BCUT2D eigenvalue weighted by atomic mass is 10.1. The van der Waals surface area contributed by atoms with E-state index >= 15 is 0 Å². The monoisotopic (exact) mass is 407 g/mol. The molecule has 9 nitrogen and oxygen atoms in total. The second kappa shape index (κ2) is 5.61. The van der Waals surface area contributed by atoms with Gasteiger partial charge in [-0.25, -0.2) is 15.0 Å². The number of hydrogen-bond donors (Lipinski definition) is 4. The van der Waals surface area contributed by atoms with Crippen LogP contribution in [0.3, 0.4) is 0 Å². The van der Waals surface area contributed by atoms with E-state index in [9.17, 15) is 10.2 Å². The van der Waals surface area contributed by atoms with E-state index in [1.165, 1.54) is 10.9 Å². The summed E-state index contributed by atoms with van der Waals surface area (Å²) in [6.45, 7) is -0.379. The van der Waals surface area contributed by atoms with Crippen molar-refractivity contribution in [2.24, 2.45) is 0 Å². The van der Waals surface area contributed by atoms with Crippen molar-refractivity contribution in [2.45, 2.75) is 24.5 Å². The normalized spacial score (nSPS) is 29.2. The second-order valence-electron chi connectivity index (χ2n) is 4.64. The zero-order chi connectivity index (χ0) is 15.1. The molecule has 2 aromatic rings. The lowest BCUT2D eigenvalue weighted by Gasteiger charge is -2.16. The van der Waals surface area contributed by atoms with Crippen molar-refractivity contribution >= 4 is 39.6 Å². The molecule has 0 bridgehead atoms. The maximum absolute atomic E-state index is 10.1. The maximum Gasteiger partial charge on any atom is 0.194 e. The average molecular weight is 407 g/mol. The molecular formula is C11H14IN5O4. The summed E-state index contributed by atoms with van der Waals surface area (Å²) in [5.74, 6) is 0.565. The predicted molar refractivity (Wildman–Crippen MR) is 80.6 cm³/mol. The van der Waals surface area contributed by atoms with Gasteiger partial charge < -0.3 is 25.4 Å². The third-order valence-electron chi connectivity index (χ3n) is 3.42. The fourth-order valence-electron chi connectivity index (χ4n) is 2.36. The van der Waals surface area contributed by atoms with Gasteiger partial charge in [-0.1, -0.05) is 0 Å². The minimum Gasteiger partial charge on any atom is -0.394 e. The Balaban J connectivity index is 2.07. The SMILES string of the molecule is CNc1nc(I)nc2c1ncn2C1OC(CO)C(O)C1O. The summed E-state index contributed by atoms with van der Waals surface area (Å²) < 4.78 is 7.53. The molecule has 3 rings (SSSR count). The van der Waals surface area contributed by atoms with E-state index < -0.39 is 24.5 Å². The summed E-state index contributed by atoms with van der Waals surface area (Å²) in [5.41, 5.74) is 1.02. The molecule has 0 radical (unpaired) electrons. The molecule has 1 aliphatic heterocycles. The molecule has 1 saturated heterocycles. The first-order chi connectivity index (χ1) is 10.1. The van der Waals surface area contributed by atoms with Gasteiger partial charge in [0.25, 0.3) is 0 Å². The van der Waals surface area contributed by atoms with E-state index in [1.54, 1.807) is 7.05 Å². The third kappa shape index (κ3) is 2.36. The molecule has 1 aliphatic rings. The van der Waals surface area contributed by atoms with Crippen molar-refractivity contribution in [1.29, 1.82) is 0 Å². The number of aliphatic hydroxyl groups excluding tert-OH is 3. The van der Waals surface area contributed by atoms with Gasteiger partial charge in [0.15, 0.2) is 27.0 Å². The fourth-order valence-corrected chi connectivity index (χ4v) is 2.83.